The standard InChI is InChI=1S/C23H16ClN2OS.BrH/c1-15-21(22(27)16-11-13-17(24)14-12-16)26-19-9-5-6-10-20(19)28-23(26)25(15)18-7-3-2-4-8-18;/h2-14H,1H3;1H/q+1;/p-1. The van der Waals surface area contributed by atoms with Crippen LogP contribution in [0.25, 0.3) is 20.9 Å². The number of para-hydroxylation sites is 2. The van der Waals surface area contributed by atoms with Crippen LogP contribution >= 0.6 is 22.9 Å². The van der Waals surface area contributed by atoms with Gasteiger partial charge in [-0.15, -0.1) is 0 Å². The van der Waals surface area contributed by atoms with Crippen molar-refractivity contribution in [3.8, 4) is 5.69 Å². The summed E-state index contributed by atoms with van der Waals surface area (Å²) in [7, 11) is 0. The molecule has 5 aromatic rings. The predicted octanol–water partition coefficient (Wildman–Crippen LogP) is 2.63. The Labute approximate surface area is 187 Å². The highest BCUT2D eigenvalue weighted by molar-refractivity contribution is 7.23. The zero-order valence-electron chi connectivity index (χ0n) is 15.5. The van der Waals surface area contributed by atoms with Crippen LogP contribution in [0.4, 0.5) is 0 Å². The number of rotatable bonds is 3. The molecule has 0 radical (unpaired) electrons. The van der Waals surface area contributed by atoms with Gasteiger partial charge >= 0.3 is 4.96 Å². The first-order valence-electron chi connectivity index (χ1n) is 8.95. The van der Waals surface area contributed by atoms with Gasteiger partial charge in [-0.05, 0) is 59.9 Å². The number of hydrogen-bond acceptors (Lipinski definition) is 2. The summed E-state index contributed by atoms with van der Waals surface area (Å²) in [5, 5.41) is 0.619. The highest BCUT2D eigenvalue weighted by Gasteiger charge is 2.32. The van der Waals surface area contributed by atoms with Crippen molar-refractivity contribution in [3.05, 3.63) is 101 Å². The van der Waals surface area contributed by atoms with Crippen LogP contribution in [0, 0.1) is 6.92 Å². The molecule has 0 spiro atoms. The second kappa shape index (κ2) is 7.75. The molecule has 3 aromatic carbocycles. The monoisotopic (exact) mass is 482 g/mol. The summed E-state index contributed by atoms with van der Waals surface area (Å²) in [6.45, 7) is 2.00. The van der Waals surface area contributed by atoms with E-state index < -0.39 is 0 Å². The number of aromatic nitrogens is 2. The van der Waals surface area contributed by atoms with E-state index >= 15 is 0 Å². The Balaban J connectivity index is 0.00000205. The van der Waals surface area contributed by atoms with E-state index in [4.69, 9.17) is 11.6 Å². The molecule has 5 rings (SSSR count). The maximum absolute atomic E-state index is 13.5. The molecule has 144 valence electrons. The van der Waals surface area contributed by atoms with Gasteiger partial charge in [0.1, 0.15) is 5.69 Å². The number of nitrogens with zero attached hydrogens (tertiary/aromatic N) is 2. The first-order chi connectivity index (χ1) is 13.6. The van der Waals surface area contributed by atoms with Crippen molar-refractivity contribution in [2.75, 3.05) is 0 Å². The van der Waals surface area contributed by atoms with Crippen molar-refractivity contribution in [2.24, 2.45) is 0 Å². The van der Waals surface area contributed by atoms with Gasteiger partial charge in [-0.25, -0.2) is 0 Å². The predicted molar refractivity (Wildman–Crippen MR) is 114 cm³/mol. The van der Waals surface area contributed by atoms with Crippen molar-refractivity contribution in [3.63, 3.8) is 0 Å². The van der Waals surface area contributed by atoms with E-state index in [1.54, 1.807) is 35.6 Å². The summed E-state index contributed by atoms with van der Waals surface area (Å²) >= 11 is 7.70. The molecule has 3 nitrogen and oxygen atoms in total. The van der Waals surface area contributed by atoms with Crippen LogP contribution in [0.1, 0.15) is 21.7 Å². The van der Waals surface area contributed by atoms with Gasteiger partial charge in [0.15, 0.2) is 11.2 Å². The van der Waals surface area contributed by atoms with Crippen LogP contribution in [-0.2, 0) is 0 Å². The SMILES string of the molecule is Cc1c(C(=O)c2ccc(Cl)cc2)[n+]2c3ccccc3sc2n1-c1ccccc1.[Br-]. The van der Waals surface area contributed by atoms with E-state index in [2.05, 4.69) is 33.2 Å². The summed E-state index contributed by atoms with van der Waals surface area (Å²) in [5.74, 6) is -0.0117. The Kier molecular flexibility index (Phi) is 5.30. The summed E-state index contributed by atoms with van der Waals surface area (Å²) in [4.78, 5) is 14.5. The molecule has 0 saturated heterocycles. The smallest absolute Gasteiger partial charge is 0.352 e. The van der Waals surface area contributed by atoms with E-state index in [9.17, 15) is 4.79 Å². The molecule has 2 aromatic heterocycles. The molecule has 0 fully saturated rings. The Hall–Kier alpha value is -2.47. The molecule has 0 N–H and O–H groups in total. The van der Waals surface area contributed by atoms with Crippen LogP contribution < -0.4 is 21.4 Å². The van der Waals surface area contributed by atoms with Gasteiger partial charge in [-0.3, -0.25) is 4.79 Å². The normalized spacial score (nSPS) is 11.0. The van der Waals surface area contributed by atoms with Crippen LogP contribution in [-0.4, -0.2) is 10.4 Å². The number of ketones is 1. The van der Waals surface area contributed by atoms with Gasteiger partial charge in [0.05, 0.1) is 4.70 Å². The molecular weight excluding hydrogens is 468 g/mol. The summed E-state index contributed by atoms with van der Waals surface area (Å²) in [6.07, 6.45) is 0. The second-order valence-corrected chi connectivity index (χ2v) is 8.07. The Morgan fingerprint density at radius 2 is 1.59 bits per heavy atom. The Morgan fingerprint density at radius 3 is 2.31 bits per heavy atom. The maximum atomic E-state index is 13.5. The summed E-state index contributed by atoms with van der Waals surface area (Å²) < 4.78 is 5.39. The Bertz CT molecular complexity index is 1340. The average molecular weight is 484 g/mol. The molecule has 0 aliphatic heterocycles. The topological polar surface area (TPSA) is 26.1 Å². The van der Waals surface area contributed by atoms with E-state index in [-0.39, 0.29) is 22.8 Å². The van der Waals surface area contributed by atoms with Crippen LogP contribution in [0.5, 0.6) is 0 Å². The number of thiazole rings is 1. The van der Waals surface area contributed by atoms with E-state index in [0.29, 0.717) is 16.3 Å². The maximum Gasteiger partial charge on any atom is 0.352 e. The van der Waals surface area contributed by atoms with E-state index in [1.165, 1.54) is 0 Å². The van der Waals surface area contributed by atoms with Crippen molar-refractivity contribution >= 4 is 43.9 Å². The lowest BCUT2D eigenvalue weighted by atomic mass is 10.1. The summed E-state index contributed by atoms with van der Waals surface area (Å²) in [5.41, 5.74) is 4.31. The highest BCUT2D eigenvalue weighted by Crippen LogP contribution is 2.29. The highest BCUT2D eigenvalue weighted by atomic mass is 79.9. The lowest BCUT2D eigenvalue weighted by Gasteiger charge is -2.00. The molecule has 29 heavy (non-hydrogen) atoms. The lowest BCUT2D eigenvalue weighted by Crippen LogP contribution is -3.00. The first-order valence-corrected chi connectivity index (χ1v) is 10.1. The Morgan fingerprint density at radius 1 is 0.931 bits per heavy atom. The quantitative estimate of drug-likeness (QED) is 0.286. The van der Waals surface area contributed by atoms with Gasteiger partial charge in [0.25, 0.3) is 0 Å². The minimum Gasteiger partial charge on any atom is -1.00 e. The van der Waals surface area contributed by atoms with Crippen molar-refractivity contribution < 1.29 is 26.2 Å². The molecule has 0 unspecified atom stereocenters. The van der Waals surface area contributed by atoms with Crippen molar-refractivity contribution in [1.29, 1.82) is 0 Å². The van der Waals surface area contributed by atoms with E-state index in [0.717, 1.165) is 26.6 Å². The molecule has 0 amide bonds. The number of carbonyl (C=O) groups excluding carboxylic acids is 1. The zero-order chi connectivity index (χ0) is 19.3. The van der Waals surface area contributed by atoms with Crippen LogP contribution in [0.2, 0.25) is 5.02 Å². The van der Waals surface area contributed by atoms with Gasteiger partial charge < -0.3 is 17.0 Å². The fraction of sp³-hybridized carbons (Fsp3) is 0.0435. The fourth-order valence-corrected chi connectivity index (χ4v) is 4.98. The van der Waals surface area contributed by atoms with Crippen LogP contribution in [0.3, 0.4) is 0 Å². The number of hydrogen-bond donors (Lipinski definition) is 0. The number of carbonyl (C=O) groups is 1. The number of benzene rings is 3. The third-order valence-corrected chi connectivity index (χ3v) is 6.29. The third-order valence-electron chi connectivity index (χ3n) is 4.93. The van der Waals surface area contributed by atoms with Crippen LogP contribution in [0.15, 0.2) is 78.9 Å². The van der Waals surface area contributed by atoms with Gasteiger partial charge in [0.2, 0.25) is 11.5 Å². The number of halogens is 2. The third kappa shape index (κ3) is 3.19. The van der Waals surface area contributed by atoms with Gasteiger partial charge in [-0.2, -0.15) is 8.97 Å². The molecule has 0 aliphatic rings. The molecule has 0 aliphatic carbocycles. The largest absolute Gasteiger partial charge is 1.00 e. The minimum atomic E-state index is -0.0117. The number of fused-ring (bicyclic) bond motifs is 3. The average Bonchev–Trinajstić information content (AvgIpc) is 3.22. The molecule has 0 saturated carbocycles. The van der Waals surface area contributed by atoms with Crippen molar-refractivity contribution in [2.45, 2.75) is 6.92 Å². The number of imidazole rings is 1. The van der Waals surface area contributed by atoms with Gasteiger partial charge in [0, 0.05) is 17.5 Å². The molecule has 0 atom stereocenters. The van der Waals surface area contributed by atoms with E-state index in [1.807, 2.05) is 37.3 Å². The molecular formula is C23H16BrClN2OS. The lowest BCUT2D eigenvalue weighted by molar-refractivity contribution is -0.479. The summed E-state index contributed by atoms with van der Waals surface area (Å²) in [6, 6.07) is 25.4. The molecule has 6 heteroatoms. The van der Waals surface area contributed by atoms with Crippen molar-refractivity contribution in [1.82, 2.24) is 4.57 Å². The van der Waals surface area contributed by atoms with Gasteiger partial charge in [-0.1, -0.05) is 41.9 Å². The fourth-order valence-electron chi connectivity index (χ4n) is 3.63. The first kappa shape index (κ1) is 19.8. The second-order valence-electron chi connectivity index (χ2n) is 6.63. The molecule has 2 heterocycles. The molecule has 0 bridgehead atoms. The zero-order valence-corrected chi connectivity index (χ0v) is 18.6. The minimum absolute atomic E-state index is 0.